The second kappa shape index (κ2) is 6.49. The Morgan fingerprint density at radius 1 is 1.53 bits per heavy atom. The molecule has 1 unspecified atom stereocenters. The van der Waals surface area contributed by atoms with Crippen LogP contribution < -0.4 is 5.73 Å². The molecule has 1 aromatic rings. The number of pyridine rings is 1. The summed E-state index contributed by atoms with van der Waals surface area (Å²) in [5.74, 6) is 0.272. The third-order valence-electron chi connectivity index (χ3n) is 2.38. The summed E-state index contributed by atoms with van der Waals surface area (Å²) in [7, 11) is 0. The van der Waals surface area contributed by atoms with E-state index in [0.29, 0.717) is 11.7 Å². The van der Waals surface area contributed by atoms with Gasteiger partial charge in [0.1, 0.15) is 5.84 Å². The van der Waals surface area contributed by atoms with Crippen LogP contribution >= 0.6 is 11.8 Å². The Labute approximate surface area is 106 Å². The predicted molar refractivity (Wildman–Crippen MR) is 71.7 cm³/mol. The Balaban J connectivity index is 2.73. The van der Waals surface area contributed by atoms with Crippen molar-refractivity contribution in [2.75, 3.05) is 0 Å². The molecular formula is C12H19N3OS. The molecule has 0 aliphatic carbocycles. The van der Waals surface area contributed by atoms with Gasteiger partial charge in [0.05, 0.1) is 5.03 Å². The van der Waals surface area contributed by atoms with Crippen LogP contribution in [0.4, 0.5) is 0 Å². The normalized spacial score (nSPS) is 13.7. The van der Waals surface area contributed by atoms with Crippen molar-refractivity contribution in [3.05, 3.63) is 23.4 Å². The van der Waals surface area contributed by atoms with Gasteiger partial charge in [0, 0.05) is 17.4 Å². The Kier molecular flexibility index (Phi) is 5.28. The van der Waals surface area contributed by atoms with Crippen molar-refractivity contribution in [2.45, 2.75) is 43.9 Å². The van der Waals surface area contributed by atoms with Gasteiger partial charge in [-0.2, -0.15) is 0 Å². The summed E-state index contributed by atoms with van der Waals surface area (Å²) in [5.41, 5.74) is 7.76. The molecule has 1 rings (SSSR count). The Bertz CT molecular complexity index is 386. The third kappa shape index (κ3) is 4.65. The van der Waals surface area contributed by atoms with Gasteiger partial charge < -0.3 is 10.9 Å². The summed E-state index contributed by atoms with van der Waals surface area (Å²) < 4.78 is 0. The number of thioether (sulfide) groups is 1. The van der Waals surface area contributed by atoms with Crippen LogP contribution in [0.2, 0.25) is 0 Å². The van der Waals surface area contributed by atoms with Crippen molar-refractivity contribution < 1.29 is 5.21 Å². The van der Waals surface area contributed by atoms with Crippen LogP contribution in [0.5, 0.6) is 0 Å². The fourth-order valence-corrected chi connectivity index (χ4v) is 2.79. The molecule has 0 bridgehead atoms. The van der Waals surface area contributed by atoms with Gasteiger partial charge in [-0.05, 0) is 38.0 Å². The lowest BCUT2D eigenvalue weighted by Gasteiger charge is -2.13. The van der Waals surface area contributed by atoms with Gasteiger partial charge in [0.15, 0.2) is 0 Å². The minimum atomic E-state index is 0.272. The van der Waals surface area contributed by atoms with Crippen LogP contribution in [0.25, 0.3) is 0 Å². The van der Waals surface area contributed by atoms with Crippen molar-refractivity contribution in [2.24, 2.45) is 10.9 Å². The maximum Gasteiger partial charge on any atom is 0.140 e. The number of nitrogens with zero attached hydrogens (tertiary/aromatic N) is 2. The fraction of sp³-hybridized carbons (Fsp3) is 0.500. The van der Waals surface area contributed by atoms with Crippen molar-refractivity contribution in [3.63, 3.8) is 0 Å². The van der Waals surface area contributed by atoms with Gasteiger partial charge in [-0.3, -0.25) is 0 Å². The Morgan fingerprint density at radius 2 is 2.24 bits per heavy atom. The van der Waals surface area contributed by atoms with Crippen LogP contribution in [0.1, 0.15) is 31.0 Å². The average Bonchev–Trinajstić information content (AvgIpc) is 2.26. The van der Waals surface area contributed by atoms with Crippen LogP contribution in [0, 0.1) is 13.8 Å². The van der Waals surface area contributed by atoms with Crippen LogP contribution in [0.3, 0.4) is 0 Å². The number of rotatable bonds is 5. The van der Waals surface area contributed by atoms with Crippen molar-refractivity contribution >= 4 is 17.6 Å². The van der Waals surface area contributed by atoms with Crippen molar-refractivity contribution in [1.82, 2.24) is 4.98 Å². The van der Waals surface area contributed by atoms with Gasteiger partial charge in [0.2, 0.25) is 0 Å². The standard InChI is InChI=1S/C12H19N3OS/c1-4-10(7-11(13)15-16)17-12-6-8(2)5-9(3)14-12/h5-6,10,16H,4,7H2,1-3H3,(H2,13,15). The molecule has 0 aliphatic heterocycles. The van der Waals surface area contributed by atoms with E-state index in [1.165, 1.54) is 5.56 Å². The molecule has 0 aliphatic rings. The van der Waals surface area contributed by atoms with Gasteiger partial charge in [0.25, 0.3) is 0 Å². The lowest BCUT2D eigenvalue weighted by molar-refractivity contribution is 0.316. The molecule has 5 heteroatoms. The lowest BCUT2D eigenvalue weighted by atomic mass is 10.2. The van der Waals surface area contributed by atoms with E-state index in [-0.39, 0.29) is 5.84 Å². The van der Waals surface area contributed by atoms with Gasteiger partial charge in [-0.25, -0.2) is 4.98 Å². The highest BCUT2D eigenvalue weighted by molar-refractivity contribution is 7.99. The number of amidine groups is 1. The van der Waals surface area contributed by atoms with E-state index in [1.807, 2.05) is 6.92 Å². The molecule has 1 aromatic heterocycles. The summed E-state index contributed by atoms with van der Waals surface area (Å²) >= 11 is 1.68. The zero-order valence-electron chi connectivity index (χ0n) is 10.5. The molecule has 3 N–H and O–H groups in total. The predicted octanol–water partition coefficient (Wildman–Crippen LogP) is 2.71. The topological polar surface area (TPSA) is 71.5 Å². The number of aromatic nitrogens is 1. The number of hydrogen-bond acceptors (Lipinski definition) is 4. The van der Waals surface area contributed by atoms with E-state index < -0.39 is 0 Å². The maximum atomic E-state index is 8.57. The minimum Gasteiger partial charge on any atom is -0.409 e. The molecule has 0 spiro atoms. The van der Waals surface area contributed by atoms with E-state index in [1.54, 1.807) is 11.8 Å². The summed E-state index contributed by atoms with van der Waals surface area (Å²) in [5, 5.41) is 12.9. The Morgan fingerprint density at radius 3 is 2.76 bits per heavy atom. The SMILES string of the molecule is CCC(C/C(N)=N/O)Sc1cc(C)cc(C)n1. The summed E-state index contributed by atoms with van der Waals surface area (Å²) in [6.07, 6.45) is 1.53. The highest BCUT2D eigenvalue weighted by atomic mass is 32.2. The van der Waals surface area contributed by atoms with E-state index in [0.717, 1.165) is 17.1 Å². The van der Waals surface area contributed by atoms with Crippen LogP contribution in [0.15, 0.2) is 22.3 Å². The number of hydrogen-bond donors (Lipinski definition) is 2. The van der Waals surface area contributed by atoms with Gasteiger partial charge >= 0.3 is 0 Å². The highest BCUT2D eigenvalue weighted by Crippen LogP contribution is 2.26. The zero-order valence-corrected chi connectivity index (χ0v) is 11.3. The third-order valence-corrected chi connectivity index (χ3v) is 3.67. The molecule has 0 fully saturated rings. The molecule has 0 saturated carbocycles. The number of nitrogens with two attached hydrogens (primary N) is 1. The first-order valence-corrected chi connectivity index (χ1v) is 6.51. The molecule has 17 heavy (non-hydrogen) atoms. The van der Waals surface area contributed by atoms with Crippen molar-refractivity contribution in [3.8, 4) is 0 Å². The molecule has 0 aromatic carbocycles. The highest BCUT2D eigenvalue weighted by Gasteiger charge is 2.12. The quantitative estimate of drug-likeness (QED) is 0.278. The second-order valence-electron chi connectivity index (χ2n) is 4.07. The zero-order chi connectivity index (χ0) is 12.8. The molecule has 0 saturated heterocycles. The van der Waals surface area contributed by atoms with E-state index in [9.17, 15) is 0 Å². The Hall–Kier alpha value is -1.23. The van der Waals surface area contributed by atoms with E-state index >= 15 is 0 Å². The van der Waals surface area contributed by atoms with Gasteiger partial charge in [-0.1, -0.05) is 12.1 Å². The average molecular weight is 253 g/mol. The number of aryl methyl sites for hydroxylation is 2. The first-order valence-electron chi connectivity index (χ1n) is 5.63. The molecule has 94 valence electrons. The summed E-state index contributed by atoms with van der Waals surface area (Å²) in [4.78, 5) is 4.47. The molecular weight excluding hydrogens is 234 g/mol. The maximum absolute atomic E-state index is 8.57. The fourth-order valence-electron chi connectivity index (χ4n) is 1.58. The lowest BCUT2D eigenvalue weighted by Crippen LogP contribution is -2.18. The van der Waals surface area contributed by atoms with Crippen LogP contribution in [-0.4, -0.2) is 21.3 Å². The molecule has 0 radical (unpaired) electrons. The van der Waals surface area contributed by atoms with Gasteiger partial charge in [-0.15, -0.1) is 11.8 Å². The van der Waals surface area contributed by atoms with E-state index in [4.69, 9.17) is 10.9 Å². The summed E-state index contributed by atoms with van der Waals surface area (Å²) in [6.45, 7) is 6.13. The first kappa shape index (κ1) is 13.8. The number of oxime groups is 1. The second-order valence-corrected chi connectivity index (χ2v) is 5.39. The van der Waals surface area contributed by atoms with E-state index in [2.05, 4.69) is 36.1 Å². The monoisotopic (exact) mass is 253 g/mol. The molecule has 4 nitrogen and oxygen atoms in total. The summed E-state index contributed by atoms with van der Waals surface area (Å²) in [6, 6.07) is 4.11. The largest absolute Gasteiger partial charge is 0.409 e. The molecule has 0 amide bonds. The van der Waals surface area contributed by atoms with Crippen molar-refractivity contribution in [1.29, 1.82) is 0 Å². The molecule has 1 heterocycles. The first-order chi connectivity index (χ1) is 8.05. The smallest absolute Gasteiger partial charge is 0.140 e. The minimum absolute atomic E-state index is 0.272. The van der Waals surface area contributed by atoms with Crippen LogP contribution in [-0.2, 0) is 0 Å². The molecule has 1 atom stereocenters.